The molecule has 0 N–H and O–H groups in total. The van der Waals surface area contributed by atoms with Gasteiger partial charge < -0.3 is 14.4 Å². The van der Waals surface area contributed by atoms with Crippen molar-refractivity contribution in [2.45, 2.75) is 6.18 Å². The third kappa shape index (κ3) is 5.70. The van der Waals surface area contributed by atoms with E-state index in [4.69, 9.17) is 14.7 Å². The third-order valence-corrected chi connectivity index (χ3v) is 7.20. The molecule has 4 aromatic heterocycles. The second-order valence-electron chi connectivity index (χ2n) is 10.1. The van der Waals surface area contributed by atoms with Gasteiger partial charge in [0.2, 0.25) is 0 Å². The van der Waals surface area contributed by atoms with E-state index in [0.29, 0.717) is 30.2 Å². The number of imidazole rings is 1. The number of benzene rings is 2. The highest BCUT2D eigenvalue weighted by Crippen LogP contribution is 2.31. The molecular weight excluding hydrogens is 589 g/mol. The number of nitrogens with zero attached hydrogens (tertiary/aromatic N) is 8. The fraction of sp³-hybridized carbons (Fsp3) is 0.161. The molecule has 0 atom stereocenters. The number of hydrogen-bond acceptors (Lipinski definition) is 9. The summed E-state index contributed by atoms with van der Waals surface area (Å²) in [5.74, 6) is -2.40. The van der Waals surface area contributed by atoms with Gasteiger partial charge in [-0.25, -0.2) is 24.0 Å². The van der Waals surface area contributed by atoms with Crippen LogP contribution >= 0.6 is 0 Å². The first-order valence-corrected chi connectivity index (χ1v) is 13.9. The van der Waals surface area contributed by atoms with Crippen molar-refractivity contribution in [1.29, 1.82) is 0 Å². The van der Waals surface area contributed by atoms with Crippen LogP contribution < -0.4 is 9.64 Å². The molecule has 14 heteroatoms. The van der Waals surface area contributed by atoms with E-state index in [0.717, 1.165) is 53.0 Å². The standard InChI is InChI=1S/C31H23F3N8O3/c32-31(33,34)29(43)45-30-35-19-41(39-30)23-10-6-21(7-11-23)27-25(12-9-22-8-5-20-3-1-2-4-24(20)37-22)38-28-26(13-14-36-42(27)28)40-15-17-44-18-16-40/h1-14,19H,15-18H2/b12-9+. The predicted molar refractivity (Wildman–Crippen MR) is 159 cm³/mol. The van der Waals surface area contributed by atoms with E-state index in [1.54, 1.807) is 22.8 Å². The average molecular weight is 613 g/mol. The number of halogens is 3. The molecule has 11 nitrogen and oxygen atoms in total. The van der Waals surface area contributed by atoms with E-state index < -0.39 is 18.2 Å². The van der Waals surface area contributed by atoms with Crippen LogP contribution in [-0.2, 0) is 9.53 Å². The van der Waals surface area contributed by atoms with Crippen LogP contribution in [-0.4, -0.2) is 72.8 Å². The number of ether oxygens (including phenoxy) is 2. The Morgan fingerprint density at radius 1 is 0.933 bits per heavy atom. The van der Waals surface area contributed by atoms with Crippen LogP contribution in [0.15, 0.2) is 79.3 Å². The molecule has 0 amide bonds. The lowest BCUT2D eigenvalue weighted by Gasteiger charge is -2.28. The van der Waals surface area contributed by atoms with Gasteiger partial charge in [0.1, 0.15) is 12.0 Å². The highest BCUT2D eigenvalue weighted by atomic mass is 19.4. The van der Waals surface area contributed by atoms with Crippen molar-refractivity contribution >= 4 is 40.4 Å². The van der Waals surface area contributed by atoms with Crippen LogP contribution in [0.2, 0.25) is 0 Å². The Morgan fingerprint density at radius 2 is 1.73 bits per heavy atom. The number of fused-ring (bicyclic) bond motifs is 2. The Hall–Kier alpha value is -5.63. The normalized spacial score (nSPS) is 14.1. The molecule has 6 aromatic rings. The molecule has 0 radical (unpaired) electrons. The van der Waals surface area contributed by atoms with Crippen LogP contribution in [0.5, 0.6) is 6.01 Å². The van der Waals surface area contributed by atoms with E-state index in [-0.39, 0.29) is 0 Å². The molecule has 1 aliphatic rings. The van der Waals surface area contributed by atoms with E-state index in [9.17, 15) is 18.0 Å². The van der Waals surface area contributed by atoms with Gasteiger partial charge in [-0.15, -0.1) is 5.10 Å². The molecule has 2 aromatic carbocycles. The Labute approximate surface area is 253 Å². The summed E-state index contributed by atoms with van der Waals surface area (Å²) in [4.78, 5) is 26.8. The predicted octanol–water partition coefficient (Wildman–Crippen LogP) is 5.00. The van der Waals surface area contributed by atoms with Crippen molar-refractivity contribution in [2.75, 3.05) is 31.2 Å². The number of pyridine rings is 1. The fourth-order valence-electron chi connectivity index (χ4n) is 5.06. The lowest BCUT2D eigenvalue weighted by Crippen LogP contribution is -2.36. The lowest BCUT2D eigenvalue weighted by molar-refractivity contribution is -0.190. The molecule has 0 aliphatic carbocycles. The fourth-order valence-corrected chi connectivity index (χ4v) is 5.06. The molecule has 0 unspecified atom stereocenters. The number of aromatic nitrogens is 7. The monoisotopic (exact) mass is 612 g/mol. The van der Waals surface area contributed by atoms with Gasteiger partial charge in [-0.3, -0.25) is 0 Å². The zero-order valence-electron chi connectivity index (χ0n) is 23.4. The summed E-state index contributed by atoms with van der Waals surface area (Å²) in [5, 5.41) is 9.52. The van der Waals surface area contributed by atoms with Gasteiger partial charge in [0.05, 0.1) is 47.7 Å². The Bertz CT molecular complexity index is 2050. The van der Waals surface area contributed by atoms with Crippen molar-refractivity contribution < 1.29 is 27.4 Å². The number of carbonyl (C=O) groups is 1. The molecule has 0 bridgehead atoms. The number of esters is 1. The topological polar surface area (TPSA) is 113 Å². The van der Waals surface area contributed by atoms with Gasteiger partial charge in [-0.1, -0.05) is 36.4 Å². The van der Waals surface area contributed by atoms with Crippen molar-refractivity contribution in [1.82, 2.24) is 34.3 Å². The summed E-state index contributed by atoms with van der Waals surface area (Å²) >= 11 is 0. The number of anilines is 1. The third-order valence-electron chi connectivity index (χ3n) is 7.20. The zero-order chi connectivity index (χ0) is 31.0. The lowest BCUT2D eigenvalue weighted by atomic mass is 10.1. The minimum absolute atomic E-state index is 0.480. The summed E-state index contributed by atoms with van der Waals surface area (Å²) in [6.07, 6.45) is 1.53. The number of hydrogen-bond donors (Lipinski definition) is 0. The molecule has 1 aliphatic heterocycles. The van der Waals surface area contributed by atoms with E-state index in [1.165, 1.54) is 4.68 Å². The first-order valence-electron chi connectivity index (χ1n) is 13.9. The maximum Gasteiger partial charge on any atom is 0.491 e. The second-order valence-corrected chi connectivity index (χ2v) is 10.1. The minimum atomic E-state index is -5.16. The van der Waals surface area contributed by atoms with Gasteiger partial charge in [-0.2, -0.15) is 23.3 Å². The van der Waals surface area contributed by atoms with E-state index >= 15 is 0 Å². The van der Waals surface area contributed by atoms with Crippen molar-refractivity contribution in [2.24, 2.45) is 0 Å². The van der Waals surface area contributed by atoms with Gasteiger partial charge in [0.15, 0.2) is 5.65 Å². The number of para-hydroxylation sites is 1. The minimum Gasteiger partial charge on any atom is -0.383 e. The molecule has 7 rings (SSSR count). The summed E-state index contributed by atoms with van der Waals surface area (Å²) in [7, 11) is 0. The number of carbonyl (C=O) groups excluding carboxylic acids is 1. The quantitative estimate of drug-likeness (QED) is 0.240. The van der Waals surface area contributed by atoms with Crippen LogP contribution in [0.25, 0.3) is 45.6 Å². The summed E-state index contributed by atoms with van der Waals surface area (Å²) in [6.45, 7) is 2.68. The Morgan fingerprint density at radius 3 is 2.53 bits per heavy atom. The van der Waals surface area contributed by atoms with E-state index in [1.807, 2.05) is 66.7 Å². The van der Waals surface area contributed by atoms with Crippen molar-refractivity contribution in [3.05, 3.63) is 90.6 Å². The number of alkyl halides is 3. The maximum atomic E-state index is 12.6. The molecule has 1 fully saturated rings. The van der Waals surface area contributed by atoms with Crippen molar-refractivity contribution in [3.8, 4) is 23.0 Å². The second kappa shape index (κ2) is 11.5. The number of rotatable bonds is 6. The van der Waals surface area contributed by atoms with Crippen LogP contribution in [0, 0.1) is 0 Å². The summed E-state index contributed by atoms with van der Waals surface area (Å²) in [6, 6.07) is 20.1. The smallest absolute Gasteiger partial charge is 0.383 e. The van der Waals surface area contributed by atoms with Gasteiger partial charge >= 0.3 is 18.2 Å². The van der Waals surface area contributed by atoms with Gasteiger partial charge in [0, 0.05) is 24.0 Å². The SMILES string of the molecule is O=C(Oc1ncn(-c2ccc(-c3c(/C=C/c4ccc5ccccc5n4)nc4c(N5CCOCC5)ccnn34)cc2)n1)C(F)(F)F. The van der Waals surface area contributed by atoms with Gasteiger partial charge in [-0.05, 0) is 42.5 Å². The summed E-state index contributed by atoms with van der Waals surface area (Å²) in [5.41, 5.74) is 5.89. The summed E-state index contributed by atoms with van der Waals surface area (Å²) < 4.78 is 50.5. The number of morpholine rings is 1. The molecule has 5 heterocycles. The first-order chi connectivity index (χ1) is 21.8. The average Bonchev–Trinajstić information content (AvgIpc) is 3.68. The largest absolute Gasteiger partial charge is 0.491 e. The molecule has 45 heavy (non-hydrogen) atoms. The van der Waals surface area contributed by atoms with Crippen LogP contribution in [0.4, 0.5) is 18.9 Å². The molecule has 226 valence electrons. The Balaban J connectivity index is 1.26. The molecule has 1 saturated heterocycles. The van der Waals surface area contributed by atoms with Crippen LogP contribution in [0.3, 0.4) is 0 Å². The van der Waals surface area contributed by atoms with Crippen LogP contribution in [0.1, 0.15) is 11.4 Å². The highest BCUT2D eigenvalue weighted by Gasteiger charge is 2.42. The highest BCUT2D eigenvalue weighted by molar-refractivity contribution is 5.85. The molecular formula is C31H23F3N8O3. The first kappa shape index (κ1) is 28.2. The zero-order valence-corrected chi connectivity index (χ0v) is 23.4. The van der Waals surface area contributed by atoms with E-state index in [2.05, 4.69) is 24.8 Å². The Kier molecular flexibility index (Phi) is 7.17. The molecule has 0 spiro atoms. The molecule has 0 saturated carbocycles. The maximum absolute atomic E-state index is 12.6. The van der Waals surface area contributed by atoms with Gasteiger partial charge in [0.25, 0.3) is 0 Å². The van der Waals surface area contributed by atoms with Crippen molar-refractivity contribution in [3.63, 3.8) is 0 Å².